The number of nitrogens with two attached hydrogens (primary N) is 1. The quantitative estimate of drug-likeness (QED) is 0.665. The van der Waals surface area contributed by atoms with E-state index in [1.54, 1.807) is 0 Å². The van der Waals surface area contributed by atoms with E-state index in [1.165, 1.54) is 6.07 Å². The molecule has 0 saturated heterocycles. The van der Waals surface area contributed by atoms with Gasteiger partial charge in [0.2, 0.25) is 0 Å². The molecule has 2 rings (SSSR count). The summed E-state index contributed by atoms with van der Waals surface area (Å²) in [6.45, 7) is 0. The van der Waals surface area contributed by atoms with Crippen LogP contribution in [0.1, 0.15) is 4.88 Å². The standard InChI is InChI=1S/C11H6FN3O2S/c12-6-1-2-9(15(16)17)7(3-6)10-4-8(14)11(5-13)18-10/h1-4H,14H2. The average molecular weight is 263 g/mol. The lowest BCUT2D eigenvalue weighted by molar-refractivity contribution is -0.384. The van der Waals surface area contributed by atoms with Gasteiger partial charge in [0.25, 0.3) is 5.69 Å². The van der Waals surface area contributed by atoms with Gasteiger partial charge in [-0.25, -0.2) is 4.39 Å². The highest BCUT2D eigenvalue weighted by Gasteiger charge is 2.19. The van der Waals surface area contributed by atoms with Gasteiger partial charge in [-0.3, -0.25) is 10.1 Å². The van der Waals surface area contributed by atoms with Crippen LogP contribution in [0.5, 0.6) is 0 Å². The fraction of sp³-hybridized carbons (Fsp3) is 0. The Morgan fingerprint density at radius 3 is 2.72 bits per heavy atom. The van der Waals surface area contributed by atoms with Crippen molar-refractivity contribution in [3.63, 3.8) is 0 Å². The summed E-state index contributed by atoms with van der Waals surface area (Å²) in [4.78, 5) is 10.9. The van der Waals surface area contributed by atoms with Gasteiger partial charge in [-0.15, -0.1) is 11.3 Å². The van der Waals surface area contributed by atoms with Crippen molar-refractivity contribution in [2.45, 2.75) is 0 Å². The van der Waals surface area contributed by atoms with Gasteiger partial charge < -0.3 is 5.73 Å². The summed E-state index contributed by atoms with van der Waals surface area (Å²) in [5, 5.41) is 19.6. The molecule has 7 heteroatoms. The number of rotatable bonds is 2. The van der Waals surface area contributed by atoms with Crippen LogP contribution in [0.4, 0.5) is 15.8 Å². The fourth-order valence-electron chi connectivity index (χ4n) is 1.49. The molecule has 0 fully saturated rings. The number of halogens is 1. The summed E-state index contributed by atoms with van der Waals surface area (Å²) in [5.74, 6) is -0.582. The van der Waals surface area contributed by atoms with Crippen LogP contribution in [-0.4, -0.2) is 4.92 Å². The van der Waals surface area contributed by atoms with Crippen LogP contribution in [-0.2, 0) is 0 Å². The van der Waals surface area contributed by atoms with E-state index >= 15 is 0 Å². The molecule has 0 spiro atoms. The molecule has 0 saturated carbocycles. The maximum Gasteiger partial charge on any atom is 0.278 e. The number of nitrogen functional groups attached to an aromatic ring is 1. The first-order valence-electron chi connectivity index (χ1n) is 4.76. The smallest absolute Gasteiger partial charge is 0.278 e. The second-order valence-corrected chi connectivity index (χ2v) is 4.48. The topological polar surface area (TPSA) is 92.9 Å². The van der Waals surface area contributed by atoms with Crippen molar-refractivity contribution in [3.05, 3.63) is 45.1 Å². The Morgan fingerprint density at radius 1 is 1.44 bits per heavy atom. The Bertz CT molecular complexity index is 675. The molecule has 0 bridgehead atoms. The number of hydrogen-bond donors (Lipinski definition) is 1. The molecular weight excluding hydrogens is 257 g/mol. The van der Waals surface area contributed by atoms with Gasteiger partial charge in [0.15, 0.2) is 0 Å². The minimum Gasteiger partial charge on any atom is -0.397 e. The van der Waals surface area contributed by atoms with Gasteiger partial charge in [0, 0.05) is 10.9 Å². The Labute approximate surface area is 105 Å². The molecule has 0 aliphatic carbocycles. The second kappa shape index (κ2) is 4.43. The van der Waals surface area contributed by atoms with Crippen LogP contribution in [0, 0.1) is 27.3 Å². The molecule has 0 aliphatic heterocycles. The van der Waals surface area contributed by atoms with E-state index < -0.39 is 10.7 Å². The molecule has 0 atom stereocenters. The summed E-state index contributed by atoms with van der Waals surface area (Å²) in [7, 11) is 0. The van der Waals surface area contributed by atoms with Crippen molar-refractivity contribution in [2.24, 2.45) is 0 Å². The third-order valence-corrected chi connectivity index (χ3v) is 3.37. The molecule has 1 heterocycles. The van der Waals surface area contributed by atoms with Crippen LogP contribution in [0.25, 0.3) is 10.4 Å². The maximum absolute atomic E-state index is 13.2. The molecule has 0 unspecified atom stereocenters. The highest BCUT2D eigenvalue weighted by Crippen LogP contribution is 2.37. The van der Waals surface area contributed by atoms with Gasteiger partial charge in [-0.05, 0) is 18.2 Å². The predicted octanol–water partition coefficient (Wildman–Crippen LogP) is 2.92. The maximum atomic E-state index is 13.2. The summed E-state index contributed by atoms with van der Waals surface area (Å²) < 4.78 is 13.2. The number of anilines is 1. The molecular formula is C11H6FN3O2S. The first-order valence-corrected chi connectivity index (χ1v) is 5.58. The largest absolute Gasteiger partial charge is 0.397 e. The lowest BCUT2D eigenvalue weighted by Crippen LogP contribution is -1.91. The van der Waals surface area contributed by atoms with Crippen molar-refractivity contribution in [1.29, 1.82) is 5.26 Å². The zero-order valence-electron chi connectivity index (χ0n) is 8.88. The number of nitro benzene ring substituents is 1. The lowest BCUT2D eigenvalue weighted by atomic mass is 10.1. The van der Waals surface area contributed by atoms with Crippen LogP contribution in [0.3, 0.4) is 0 Å². The number of benzene rings is 1. The van der Waals surface area contributed by atoms with Crippen LogP contribution >= 0.6 is 11.3 Å². The fourth-order valence-corrected chi connectivity index (χ4v) is 2.39. The van der Waals surface area contributed by atoms with Crippen LogP contribution in [0.2, 0.25) is 0 Å². The zero-order valence-corrected chi connectivity index (χ0v) is 9.70. The monoisotopic (exact) mass is 263 g/mol. The number of nitriles is 1. The van der Waals surface area contributed by atoms with E-state index in [9.17, 15) is 14.5 Å². The van der Waals surface area contributed by atoms with Gasteiger partial charge in [-0.1, -0.05) is 0 Å². The van der Waals surface area contributed by atoms with Crippen molar-refractivity contribution < 1.29 is 9.31 Å². The second-order valence-electron chi connectivity index (χ2n) is 3.43. The number of hydrogen-bond acceptors (Lipinski definition) is 5. The van der Waals surface area contributed by atoms with Crippen LogP contribution in [0.15, 0.2) is 24.3 Å². The van der Waals surface area contributed by atoms with E-state index in [0.717, 1.165) is 29.5 Å². The summed E-state index contributed by atoms with van der Waals surface area (Å²) in [5.41, 5.74) is 5.71. The third kappa shape index (κ3) is 2.01. The summed E-state index contributed by atoms with van der Waals surface area (Å²) in [6.07, 6.45) is 0. The molecule has 2 aromatic rings. The number of nitrogens with zero attached hydrogens (tertiary/aromatic N) is 2. The molecule has 5 nitrogen and oxygen atoms in total. The van der Waals surface area contributed by atoms with Gasteiger partial charge in [0.05, 0.1) is 16.2 Å². The SMILES string of the molecule is N#Cc1sc(-c2cc(F)ccc2[N+](=O)[O-])cc1N. The van der Waals surface area contributed by atoms with Crippen molar-refractivity contribution in [3.8, 4) is 16.5 Å². The molecule has 1 aromatic carbocycles. The Balaban J connectivity index is 2.66. The Hall–Kier alpha value is -2.46. The molecule has 0 radical (unpaired) electrons. The van der Waals surface area contributed by atoms with E-state index in [-0.39, 0.29) is 21.8 Å². The van der Waals surface area contributed by atoms with Crippen molar-refractivity contribution in [1.82, 2.24) is 0 Å². The van der Waals surface area contributed by atoms with Gasteiger partial charge in [-0.2, -0.15) is 5.26 Å². The number of nitro groups is 1. The Morgan fingerprint density at radius 2 is 2.17 bits per heavy atom. The first-order chi connectivity index (χ1) is 8.52. The summed E-state index contributed by atoms with van der Waals surface area (Å²) in [6, 6.07) is 6.48. The minimum absolute atomic E-state index is 0.123. The normalized spacial score (nSPS) is 10.0. The van der Waals surface area contributed by atoms with Crippen molar-refractivity contribution in [2.75, 3.05) is 5.73 Å². The minimum atomic E-state index is -0.600. The zero-order chi connectivity index (χ0) is 13.3. The summed E-state index contributed by atoms with van der Waals surface area (Å²) >= 11 is 0.996. The molecule has 0 amide bonds. The molecule has 1 aromatic heterocycles. The van der Waals surface area contributed by atoms with E-state index in [1.807, 2.05) is 6.07 Å². The number of thiophene rings is 1. The molecule has 18 heavy (non-hydrogen) atoms. The highest BCUT2D eigenvalue weighted by molar-refractivity contribution is 7.16. The Kier molecular flexibility index (Phi) is 2.95. The predicted molar refractivity (Wildman–Crippen MR) is 65.5 cm³/mol. The molecule has 2 N–H and O–H groups in total. The van der Waals surface area contributed by atoms with Gasteiger partial charge in [0.1, 0.15) is 16.8 Å². The van der Waals surface area contributed by atoms with Gasteiger partial charge >= 0.3 is 0 Å². The van der Waals surface area contributed by atoms with E-state index in [2.05, 4.69) is 0 Å². The van der Waals surface area contributed by atoms with E-state index in [4.69, 9.17) is 11.0 Å². The van der Waals surface area contributed by atoms with Crippen molar-refractivity contribution >= 4 is 22.7 Å². The first kappa shape index (κ1) is 12.0. The van der Waals surface area contributed by atoms with Crippen LogP contribution < -0.4 is 5.73 Å². The third-order valence-electron chi connectivity index (χ3n) is 2.28. The lowest BCUT2D eigenvalue weighted by Gasteiger charge is -1.99. The molecule has 90 valence electrons. The highest BCUT2D eigenvalue weighted by atomic mass is 32.1. The van der Waals surface area contributed by atoms with E-state index in [0.29, 0.717) is 4.88 Å². The molecule has 0 aliphatic rings. The average Bonchev–Trinajstić information content (AvgIpc) is 2.70.